The van der Waals surface area contributed by atoms with E-state index < -0.39 is 5.91 Å². The summed E-state index contributed by atoms with van der Waals surface area (Å²) >= 11 is 14.8. The molecule has 1 heterocycles. The summed E-state index contributed by atoms with van der Waals surface area (Å²) in [5, 5.41) is 6.17. The lowest BCUT2D eigenvalue weighted by Gasteiger charge is -2.36. The van der Waals surface area contributed by atoms with E-state index in [0.717, 1.165) is 15.8 Å². The van der Waals surface area contributed by atoms with Crippen LogP contribution in [0.4, 0.5) is 11.4 Å². The number of ether oxygens (including phenoxy) is 2. The van der Waals surface area contributed by atoms with E-state index in [-0.39, 0.29) is 11.0 Å². The summed E-state index contributed by atoms with van der Waals surface area (Å²) in [6.07, 6.45) is 0. The molecule has 1 fully saturated rings. The fourth-order valence-corrected chi connectivity index (χ4v) is 4.82. The monoisotopic (exact) mass is 616 g/mol. The number of hydrogen-bond donors (Lipinski definition) is 2. The maximum absolute atomic E-state index is 13.1. The van der Waals surface area contributed by atoms with Gasteiger partial charge in [-0.3, -0.25) is 14.9 Å². The van der Waals surface area contributed by atoms with Crippen LogP contribution in [0, 0.1) is 0 Å². The van der Waals surface area contributed by atoms with Crippen LogP contribution in [0.1, 0.15) is 20.7 Å². The number of piperazine rings is 1. The Morgan fingerprint density at radius 3 is 2.16 bits per heavy atom. The number of anilines is 2. The van der Waals surface area contributed by atoms with Crippen LogP contribution in [0.3, 0.4) is 0 Å². The average Bonchev–Trinajstić information content (AvgIpc) is 2.94. The zero-order valence-electron chi connectivity index (χ0n) is 20.8. The molecule has 3 aromatic carbocycles. The van der Waals surface area contributed by atoms with Gasteiger partial charge in [0.05, 0.1) is 24.8 Å². The molecule has 1 aliphatic heterocycles. The Hall–Kier alpha value is -3.34. The first-order chi connectivity index (χ1) is 18.3. The smallest absolute Gasteiger partial charge is 0.258 e. The predicted molar refractivity (Wildman–Crippen MR) is 157 cm³/mol. The van der Waals surface area contributed by atoms with E-state index in [1.165, 1.54) is 0 Å². The summed E-state index contributed by atoms with van der Waals surface area (Å²) in [6.45, 7) is 2.57. The summed E-state index contributed by atoms with van der Waals surface area (Å²) in [7, 11) is 3.12. The highest BCUT2D eigenvalue weighted by molar-refractivity contribution is 9.10. The molecule has 4 rings (SSSR count). The van der Waals surface area contributed by atoms with Gasteiger partial charge in [-0.1, -0.05) is 27.5 Å². The lowest BCUT2D eigenvalue weighted by molar-refractivity contribution is 0.0745. The number of carbonyl (C=O) groups excluding carboxylic acids is 2. The largest absolute Gasteiger partial charge is 0.497 e. The van der Waals surface area contributed by atoms with Gasteiger partial charge in [-0.25, -0.2) is 0 Å². The lowest BCUT2D eigenvalue weighted by Crippen LogP contribution is -2.48. The van der Waals surface area contributed by atoms with E-state index in [9.17, 15) is 9.59 Å². The lowest BCUT2D eigenvalue weighted by atomic mass is 10.1. The van der Waals surface area contributed by atoms with Gasteiger partial charge in [0, 0.05) is 53.7 Å². The molecule has 11 heteroatoms. The zero-order chi connectivity index (χ0) is 27.2. The van der Waals surface area contributed by atoms with Crippen LogP contribution in [0.25, 0.3) is 0 Å². The van der Waals surface area contributed by atoms with Crippen molar-refractivity contribution in [2.45, 2.75) is 0 Å². The summed E-state index contributed by atoms with van der Waals surface area (Å²) in [4.78, 5) is 29.6. The SMILES string of the molecule is COc1cc(OC)cc(C(=O)N2CCN(c3ccc(NC(=S)NC(=O)c4cc(Br)ccc4Cl)cc3)CC2)c1. The van der Waals surface area contributed by atoms with Crippen LogP contribution >= 0.6 is 39.7 Å². The third kappa shape index (κ3) is 6.75. The van der Waals surface area contributed by atoms with E-state index in [1.54, 1.807) is 50.6 Å². The summed E-state index contributed by atoms with van der Waals surface area (Å²) in [5.74, 6) is 0.707. The summed E-state index contributed by atoms with van der Waals surface area (Å²) in [6, 6.07) is 18.0. The molecular formula is C27H26BrClN4O4S. The molecular weight excluding hydrogens is 592 g/mol. The van der Waals surface area contributed by atoms with E-state index in [0.29, 0.717) is 53.8 Å². The second-order valence-electron chi connectivity index (χ2n) is 8.46. The number of halogens is 2. The number of hydrogen-bond acceptors (Lipinski definition) is 6. The van der Waals surface area contributed by atoms with Crippen LogP contribution in [0.2, 0.25) is 5.02 Å². The molecule has 3 aromatic rings. The number of methoxy groups -OCH3 is 2. The highest BCUT2D eigenvalue weighted by Crippen LogP contribution is 2.25. The number of rotatable bonds is 6. The van der Waals surface area contributed by atoms with Gasteiger partial charge in [0.15, 0.2) is 5.11 Å². The van der Waals surface area contributed by atoms with Crippen molar-refractivity contribution >= 4 is 68.1 Å². The fourth-order valence-electron chi connectivity index (χ4n) is 4.04. The molecule has 0 spiro atoms. The van der Waals surface area contributed by atoms with Gasteiger partial charge in [0.25, 0.3) is 11.8 Å². The van der Waals surface area contributed by atoms with Crippen LogP contribution in [-0.4, -0.2) is 62.2 Å². The van der Waals surface area contributed by atoms with Crippen molar-refractivity contribution in [3.05, 3.63) is 81.3 Å². The maximum Gasteiger partial charge on any atom is 0.258 e. The van der Waals surface area contributed by atoms with Crippen molar-refractivity contribution in [1.29, 1.82) is 0 Å². The highest BCUT2D eigenvalue weighted by atomic mass is 79.9. The fraction of sp³-hybridized carbons (Fsp3) is 0.222. The minimum absolute atomic E-state index is 0.0545. The third-order valence-electron chi connectivity index (χ3n) is 6.06. The molecule has 38 heavy (non-hydrogen) atoms. The number of carbonyl (C=O) groups is 2. The molecule has 8 nitrogen and oxygen atoms in total. The van der Waals surface area contributed by atoms with Gasteiger partial charge < -0.3 is 24.6 Å². The summed E-state index contributed by atoms with van der Waals surface area (Å²) in [5.41, 5.74) is 2.63. The quantitative estimate of drug-likeness (QED) is 0.368. The number of benzene rings is 3. The topological polar surface area (TPSA) is 83.1 Å². The van der Waals surface area contributed by atoms with Gasteiger partial charge in [0.1, 0.15) is 11.5 Å². The first-order valence-corrected chi connectivity index (χ1v) is 13.3. The predicted octanol–water partition coefficient (Wildman–Crippen LogP) is 5.21. The Balaban J connectivity index is 1.31. The Bertz CT molecular complexity index is 1330. The van der Waals surface area contributed by atoms with Crippen LogP contribution in [0.5, 0.6) is 11.5 Å². The van der Waals surface area contributed by atoms with Gasteiger partial charge in [-0.15, -0.1) is 0 Å². The molecule has 0 radical (unpaired) electrons. The van der Waals surface area contributed by atoms with Crippen LogP contribution in [0.15, 0.2) is 65.1 Å². The normalized spacial score (nSPS) is 13.1. The van der Waals surface area contributed by atoms with Crippen molar-refractivity contribution in [1.82, 2.24) is 10.2 Å². The van der Waals surface area contributed by atoms with Crippen molar-refractivity contribution in [3.63, 3.8) is 0 Å². The minimum atomic E-state index is -0.398. The zero-order valence-corrected chi connectivity index (χ0v) is 24.0. The number of thiocarbonyl (C=S) groups is 1. The molecule has 2 amide bonds. The van der Waals surface area contributed by atoms with E-state index in [1.807, 2.05) is 29.2 Å². The van der Waals surface area contributed by atoms with Crippen molar-refractivity contribution in [3.8, 4) is 11.5 Å². The molecule has 0 aliphatic carbocycles. The Kier molecular flexibility index (Phi) is 9.09. The van der Waals surface area contributed by atoms with Crippen molar-refractivity contribution in [2.24, 2.45) is 0 Å². The molecule has 0 atom stereocenters. The minimum Gasteiger partial charge on any atom is -0.497 e. The standard InChI is InChI=1S/C27H26BrClN4O4S/c1-36-21-13-17(14-22(16-21)37-2)26(35)33-11-9-32(10-12-33)20-6-4-19(5-7-20)30-27(38)31-25(34)23-15-18(28)3-8-24(23)29/h3-8,13-16H,9-12H2,1-2H3,(H2,30,31,34,38). The van der Waals surface area contributed by atoms with Crippen LogP contribution < -0.4 is 25.0 Å². The molecule has 198 valence electrons. The number of amides is 2. The molecule has 0 saturated carbocycles. The number of nitrogens with one attached hydrogen (secondary N) is 2. The molecule has 2 N–H and O–H groups in total. The van der Waals surface area contributed by atoms with Crippen LogP contribution in [-0.2, 0) is 0 Å². The average molecular weight is 618 g/mol. The first-order valence-electron chi connectivity index (χ1n) is 11.7. The Morgan fingerprint density at radius 2 is 1.55 bits per heavy atom. The molecule has 0 unspecified atom stereocenters. The maximum atomic E-state index is 13.1. The van der Waals surface area contributed by atoms with E-state index in [4.69, 9.17) is 33.3 Å². The first kappa shape index (κ1) is 27.7. The van der Waals surface area contributed by atoms with Gasteiger partial charge in [0.2, 0.25) is 0 Å². The van der Waals surface area contributed by atoms with Gasteiger partial charge in [-0.05, 0) is 66.8 Å². The van der Waals surface area contributed by atoms with E-state index in [2.05, 4.69) is 31.5 Å². The molecule has 0 bridgehead atoms. The number of nitrogens with zero attached hydrogens (tertiary/aromatic N) is 2. The molecule has 0 aromatic heterocycles. The van der Waals surface area contributed by atoms with Crippen molar-refractivity contribution < 1.29 is 19.1 Å². The second kappa shape index (κ2) is 12.5. The van der Waals surface area contributed by atoms with E-state index >= 15 is 0 Å². The Morgan fingerprint density at radius 1 is 0.921 bits per heavy atom. The third-order valence-corrected chi connectivity index (χ3v) is 7.08. The molecule has 1 aliphatic rings. The summed E-state index contributed by atoms with van der Waals surface area (Å²) < 4.78 is 11.3. The van der Waals surface area contributed by atoms with Gasteiger partial charge >= 0.3 is 0 Å². The van der Waals surface area contributed by atoms with Gasteiger partial charge in [-0.2, -0.15) is 0 Å². The second-order valence-corrected chi connectivity index (χ2v) is 10.2. The highest BCUT2D eigenvalue weighted by Gasteiger charge is 2.23. The Labute approximate surface area is 240 Å². The molecule has 1 saturated heterocycles. The van der Waals surface area contributed by atoms with Crippen molar-refractivity contribution in [2.75, 3.05) is 50.6 Å².